The van der Waals surface area contributed by atoms with Crippen LogP contribution in [0.4, 0.5) is 10.1 Å². The van der Waals surface area contributed by atoms with E-state index < -0.39 is 5.82 Å². The lowest BCUT2D eigenvalue weighted by Gasteiger charge is -2.34. The van der Waals surface area contributed by atoms with E-state index in [9.17, 15) is 9.65 Å². The molecular formula is C15H14BrClFN5. The molecule has 0 radical (unpaired) electrons. The number of anilines is 1. The predicted molar refractivity (Wildman–Crippen MR) is 89.0 cm³/mol. The van der Waals surface area contributed by atoms with Crippen LogP contribution in [0.3, 0.4) is 0 Å². The zero-order chi connectivity index (χ0) is 16.6. The molecule has 1 aromatic heterocycles. The standard InChI is InChI=1S/C15H14BrClFN5/c1-22-8-20-21-15(22)9-2-4-23(5-3-9)14-10(7-19)12(18)6-11(17)13(14)16/h6,8-9H,2-5H2,1H3. The lowest BCUT2D eigenvalue weighted by molar-refractivity contribution is 0.473. The largest absolute Gasteiger partial charge is 0.369 e. The summed E-state index contributed by atoms with van der Waals surface area (Å²) in [6, 6.07) is 3.11. The number of piperidine rings is 1. The van der Waals surface area contributed by atoms with Gasteiger partial charge in [0.1, 0.15) is 29.6 Å². The van der Waals surface area contributed by atoms with Crippen molar-refractivity contribution in [1.82, 2.24) is 14.8 Å². The van der Waals surface area contributed by atoms with Crippen molar-refractivity contribution in [2.75, 3.05) is 18.0 Å². The number of benzene rings is 1. The second kappa shape index (κ2) is 6.46. The van der Waals surface area contributed by atoms with E-state index in [4.69, 9.17) is 11.6 Å². The van der Waals surface area contributed by atoms with Crippen LogP contribution in [0.2, 0.25) is 5.02 Å². The lowest BCUT2D eigenvalue weighted by atomic mass is 9.95. The number of aromatic nitrogens is 3. The maximum Gasteiger partial charge on any atom is 0.144 e. The molecule has 0 N–H and O–H groups in total. The normalized spacial score (nSPS) is 15.7. The molecule has 1 aromatic carbocycles. The van der Waals surface area contributed by atoms with Crippen LogP contribution in [0.25, 0.3) is 0 Å². The van der Waals surface area contributed by atoms with Crippen molar-refractivity contribution < 1.29 is 4.39 Å². The zero-order valence-electron chi connectivity index (χ0n) is 12.4. The summed E-state index contributed by atoms with van der Waals surface area (Å²) in [6.07, 6.45) is 3.41. The summed E-state index contributed by atoms with van der Waals surface area (Å²) in [5.41, 5.74) is 0.562. The van der Waals surface area contributed by atoms with Gasteiger partial charge in [0.2, 0.25) is 0 Å². The molecule has 1 fully saturated rings. The Morgan fingerprint density at radius 3 is 2.70 bits per heavy atom. The van der Waals surface area contributed by atoms with Crippen molar-refractivity contribution in [1.29, 1.82) is 5.26 Å². The SMILES string of the molecule is Cn1cnnc1C1CCN(c2c(Br)c(Cl)cc(F)c2C#N)CC1. The van der Waals surface area contributed by atoms with E-state index in [1.807, 2.05) is 22.6 Å². The fraction of sp³-hybridized carbons (Fsp3) is 0.400. The highest BCUT2D eigenvalue weighted by Crippen LogP contribution is 2.40. The Bertz CT molecular complexity index is 777. The summed E-state index contributed by atoms with van der Waals surface area (Å²) in [7, 11) is 1.93. The van der Waals surface area contributed by atoms with E-state index in [0.717, 1.165) is 18.7 Å². The average molecular weight is 399 g/mol. The van der Waals surface area contributed by atoms with Crippen LogP contribution in [0.5, 0.6) is 0 Å². The van der Waals surface area contributed by atoms with E-state index in [-0.39, 0.29) is 10.6 Å². The number of rotatable bonds is 2. The molecule has 0 saturated carbocycles. The summed E-state index contributed by atoms with van der Waals surface area (Å²) in [5.74, 6) is 0.680. The highest BCUT2D eigenvalue weighted by Gasteiger charge is 2.28. The Morgan fingerprint density at radius 2 is 2.13 bits per heavy atom. The fourth-order valence-electron chi connectivity index (χ4n) is 3.01. The molecule has 0 aliphatic carbocycles. The second-order valence-corrected chi connectivity index (χ2v) is 6.75. The maximum absolute atomic E-state index is 14.0. The first-order chi connectivity index (χ1) is 11.0. The Morgan fingerprint density at radius 1 is 1.43 bits per heavy atom. The summed E-state index contributed by atoms with van der Waals surface area (Å²) < 4.78 is 16.5. The topological polar surface area (TPSA) is 57.7 Å². The molecule has 8 heteroatoms. The van der Waals surface area contributed by atoms with Gasteiger partial charge < -0.3 is 9.47 Å². The third-order valence-corrected chi connectivity index (χ3v) is 5.51. The van der Waals surface area contributed by atoms with Gasteiger partial charge in [0.25, 0.3) is 0 Å². The Hall–Kier alpha value is -1.65. The van der Waals surface area contributed by atoms with Crippen LogP contribution >= 0.6 is 27.5 Å². The Balaban J connectivity index is 1.86. The van der Waals surface area contributed by atoms with Gasteiger partial charge in [0, 0.05) is 26.1 Å². The minimum Gasteiger partial charge on any atom is -0.369 e. The molecule has 0 unspecified atom stereocenters. The number of halogens is 3. The van der Waals surface area contributed by atoms with E-state index in [1.54, 1.807) is 6.33 Å². The van der Waals surface area contributed by atoms with Crippen molar-refractivity contribution in [2.45, 2.75) is 18.8 Å². The summed E-state index contributed by atoms with van der Waals surface area (Å²) >= 11 is 9.44. The van der Waals surface area contributed by atoms with E-state index in [2.05, 4.69) is 26.1 Å². The minimum absolute atomic E-state index is 0.0263. The smallest absolute Gasteiger partial charge is 0.144 e. The number of nitriles is 1. The molecule has 0 atom stereocenters. The first-order valence-electron chi connectivity index (χ1n) is 7.19. The minimum atomic E-state index is -0.592. The quantitative estimate of drug-likeness (QED) is 0.725. The molecule has 1 saturated heterocycles. The fourth-order valence-corrected chi connectivity index (χ4v) is 3.76. The molecule has 5 nitrogen and oxygen atoms in total. The van der Waals surface area contributed by atoms with Gasteiger partial charge >= 0.3 is 0 Å². The molecule has 120 valence electrons. The predicted octanol–water partition coefficient (Wildman–Crippen LogP) is 3.63. The first kappa shape index (κ1) is 16.2. The molecule has 0 amide bonds. The number of aryl methyl sites for hydroxylation is 1. The molecule has 2 aromatic rings. The van der Waals surface area contributed by atoms with Gasteiger partial charge in [-0.25, -0.2) is 4.39 Å². The highest BCUT2D eigenvalue weighted by atomic mass is 79.9. The van der Waals surface area contributed by atoms with Gasteiger partial charge in [-0.2, -0.15) is 5.26 Å². The van der Waals surface area contributed by atoms with Crippen molar-refractivity contribution in [3.8, 4) is 6.07 Å². The molecule has 1 aliphatic rings. The molecule has 0 spiro atoms. The highest BCUT2D eigenvalue weighted by molar-refractivity contribution is 9.10. The molecule has 23 heavy (non-hydrogen) atoms. The third-order valence-electron chi connectivity index (χ3n) is 4.18. The van der Waals surface area contributed by atoms with Crippen molar-refractivity contribution in [3.63, 3.8) is 0 Å². The van der Waals surface area contributed by atoms with Crippen molar-refractivity contribution in [3.05, 3.63) is 39.1 Å². The number of nitrogens with zero attached hydrogens (tertiary/aromatic N) is 5. The van der Waals surface area contributed by atoms with E-state index in [1.165, 1.54) is 6.07 Å². The van der Waals surface area contributed by atoms with Gasteiger partial charge in [-0.05, 0) is 34.8 Å². The van der Waals surface area contributed by atoms with Crippen LogP contribution in [-0.4, -0.2) is 27.9 Å². The maximum atomic E-state index is 14.0. The van der Waals surface area contributed by atoms with E-state index in [0.29, 0.717) is 29.2 Å². The Labute approximate surface area is 146 Å². The molecule has 0 bridgehead atoms. The van der Waals surface area contributed by atoms with Crippen LogP contribution in [0, 0.1) is 17.1 Å². The van der Waals surface area contributed by atoms with Crippen LogP contribution < -0.4 is 4.90 Å². The molecule has 1 aliphatic heterocycles. The molecular weight excluding hydrogens is 385 g/mol. The number of hydrogen-bond acceptors (Lipinski definition) is 4. The van der Waals surface area contributed by atoms with Gasteiger partial charge in [-0.15, -0.1) is 10.2 Å². The van der Waals surface area contributed by atoms with Crippen molar-refractivity contribution >= 4 is 33.2 Å². The van der Waals surface area contributed by atoms with Gasteiger partial charge in [-0.1, -0.05) is 11.6 Å². The molecule has 2 heterocycles. The van der Waals surface area contributed by atoms with Crippen molar-refractivity contribution in [2.24, 2.45) is 7.05 Å². The van der Waals surface area contributed by atoms with Crippen LogP contribution in [-0.2, 0) is 7.05 Å². The second-order valence-electron chi connectivity index (χ2n) is 5.55. The van der Waals surface area contributed by atoms with Gasteiger partial charge in [0.15, 0.2) is 0 Å². The first-order valence-corrected chi connectivity index (χ1v) is 8.36. The summed E-state index contributed by atoms with van der Waals surface area (Å²) in [5, 5.41) is 17.6. The van der Waals surface area contributed by atoms with Crippen LogP contribution in [0.1, 0.15) is 30.1 Å². The average Bonchev–Trinajstić information content (AvgIpc) is 2.97. The Kier molecular flexibility index (Phi) is 4.55. The summed E-state index contributed by atoms with van der Waals surface area (Å²) in [6.45, 7) is 1.40. The lowest BCUT2D eigenvalue weighted by Crippen LogP contribution is -2.34. The number of hydrogen-bond donors (Lipinski definition) is 0. The zero-order valence-corrected chi connectivity index (χ0v) is 14.8. The monoisotopic (exact) mass is 397 g/mol. The van der Waals surface area contributed by atoms with E-state index >= 15 is 0 Å². The van der Waals surface area contributed by atoms with Crippen LogP contribution in [0.15, 0.2) is 16.9 Å². The summed E-state index contributed by atoms with van der Waals surface area (Å²) in [4.78, 5) is 2.00. The van der Waals surface area contributed by atoms with Gasteiger partial charge in [-0.3, -0.25) is 0 Å². The molecule has 3 rings (SSSR count). The third kappa shape index (κ3) is 2.93. The van der Waals surface area contributed by atoms with Gasteiger partial charge in [0.05, 0.1) is 15.2 Å².